The van der Waals surface area contributed by atoms with Crippen LogP contribution in [0.3, 0.4) is 0 Å². The van der Waals surface area contributed by atoms with Gasteiger partial charge in [-0.2, -0.15) is 0 Å². The summed E-state index contributed by atoms with van der Waals surface area (Å²) in [5.41, 5.74) is -0.261. The standard InChI is InChI=1S/C14H18F2O3/c1-13(2,8-17)10-6-9(14(3,15)16)7-11-12(10)19-5-4-18-11/h6-7,17H,4-5,8H2,1-3H3. The van der Waals surface area contributed by atoms with Gasteiger partial charge in [-0.1, -0.05) is 13.8 Å². The Morgan fingerprint density at radius 2 is 1.79 bits per heavy atom. The van der Waals surface area contributed by atoms with Crippen molar-refractivity contribution in [3.05, 3.63) is 23.3 Å². The Balaban J connectivity index is 2.63. The molecule has 0 saturated heterocycles. The number of ether oxygens (including phenoxy) is 2. The zero-order valence-corrected chi connectivity index (χ0v) is 11.3. The molecule has 1 aromatic rings. The molecule has 1 aromatic carbocycles. The lowest BCUT2D eigenvalue weighted by atomic mass is 9.83. The maximum absolute atomic E-state index is 13.5. The number of hydrogen-bond donors (Lipinski definition) is 1. The van der Waals surface area contributed by atoms with Gasteiger partial charge in [-0.3, -0.25) is 0 Å². The van der Waals surface area contributed by atoms with E-state index in [1.54, 1.807) is 13.8 Å². The molecule has 3 nitrogen and oxygen atoms in total. The fraction of sp³-hybridized carbons (Fsp3) is 0.571. The predicted octanol–water partition coefficient (Wildman–Crippen LogP) is 2.84. The van der Waals surface area contributed by atoms with Crippen molar-refractivity contribution in [2.75, 3.05) is 19.8 Å². The van der Waals surface area contributed by atoms with Gasteiger partial charge >= 0.3 is 0 Å². The van der Waals surface area contributed by atoms with E-state index < -0.39 is 11.3 Å². The van der Waals surface area contributed by atoms with Crippen molar-refractivity contribution in [3.8, 4) is 11.5 Å². The van der Waals surface area contributed by atoms with E-state index in [0.29, 0.717) is 30.3 Å². The minimum Gasteiger partial charge on any atom is -0.486 e. The van der Waals surface area contributed by atoms with Crippen LogP contribution in [0.15, 0.2) is 12.1 Å². The maximum atomic E-state index is 13.5. The van der Waals surface area contributed by atoms with Gasteiger partial charge in [0.05, 0.1) is 6.61 Å². The first-order valence-corrected chi connectivity index (χ1v) is 6.19. The van der Waals surface area contributed by atoms with Crippen molar-refractivity contribution >= 4 is 0 Å². The Morgan fingerprint density at radius 1 is 1.16 bits per heavy atom. The second-order valence-corrected chi connectivity index (χ2v) is 5.48. The zero-order valence-electron chi connectivity index (χ0n) is 11.3. The molecule has 0 bridgehead atoms. The van der Waals surface area contributed by atoms with Gasteiger partial charge in [0.15, 0.2) is 11.5 Å². The lowest BCUT2D eigenvalue weighted by molar-refractivity contribution is 0.0166. The molecule has 5 heteroatoms. The van der Waals surface area contributed by atoms with Crippen LogP contribution in [0.4, 0.5) is 8.78 Å². The molecule has 0 saturated carbocycles. The molecular formula is C14H18F2O3. The monoisotopic (exact) mass is 272 g/mol. The molecule has 1 N–H and O–H groups in total. The van der Waals surface area contributed by atoms with Crippen molar-refractivity contribution in [2.45, 2.75) is 32.1 Å². The number of aliphatic hydroxyl groups excluding tert-OH is 1. The van der Waals surface area contributed by atoms with Crippen molar-refractivity contribution in [1.29, 1.82) is 0 Å². The van der Waals surface area contributed by atoms with Gasteiger partial charge in [0.1, 0.15) is 13.2 Å². The summed E-state index contributed by atoms with van der Waals surface area (Å²) in [5.74, 6) is -2.18. The molecule has 0 atom stereocenters. The second kappa shape index (κ2) is 4.63. The molecular weight excluding hydrogens is 254 g/mol. The highest BCUT2D eigenvalue weighted by Gasteiger charge is 2.33. The molecule has 19 heavy (non-hydrogen) atoms. The summed E-state index contributed by atoms with van der Waals surface area (Å²) in [5, 5.41) is 9.46. The largest absolute Gasteiger partial charge is 0.486 e. The van der Waals surface area contributed by atoms with Crippen molar-refractivity contribution in [2.24, 2.45) is 0 Å². The topological polar surface area (TPSA) is 38.7 Å². The number of benzene rings is 1. The average Bonchev–Trinajstić information content (AvgIpc) is 2.36. The van der Waals surface area contributed by atoms with Crippen LogP contribution >= 0.6 is 0 Å². The smallest absolute Gasteiger partial charge is 0.270 e. The van der Waals surface area contributed by atoms with Gasteiger partial charge in [0, 0.05) is 23.5 Å². The van der Waals surface area contributed by atoms with Crippen LogP contribution in [0.2, 0.25) is 0 Å². The van der Waals surface area contributed by atoms with Gasteiger partial charge in [0.25, 0.3) is 5.92 Å². The van der Waals surface area contributed by atoms with Crippen molar-refractivity contribution in [3.63, 3.8) is 0 Å². The van der Waals surface area contributed by atoms with Crippen LogP contribution in [0.25, 0.3) is 0 Å². The number of alkyl halides is 2. The highest BCUT2D eigenvalue weighted by atomic mass is 19.3. The first kappa shape index (κ1) is 14.1. The molecule has 1 heterocycles. The normalized spacial score (nSPS) is 15.5. The van der Waals surface area contributed by atoms with E-state index in [4.69, 9.17) is 9.47 Å². The first-order valence-electron chi connectivity index (χ1n) is 6.19. The van der Waals surface area contributed by atoms with E-state index in [1.165, 1.54) is 12.1 Å². The zero-order chi connectivity index (χ0) is 14.3. The Labute approximate surface area is 111 Å². The fourth-order valence-electron chi connectivity index (χ4n) is 2.00. The van der Waals surface area contributed by atoms with Crippen LogP contribution < -0.4 is 9.47 Å². The number of halogens is 2. The Kier molecular flexibility index (Phi) is 3.43. The molecule has 0 unspecified atom stereocenters. The maximum Gasteiger partial charge on any atom is 0.270 e. The summed E-state index contributed by atoms with van der Waals surface area (Å²) >= 11 is 0. The minimum atomic E-state index is -2.96. The summed E-state index contributed by atoms with van der Waals surface area (Å²) in [6.45, 7) is 4.94. The molecule has 0 amide bonds. The molecule has 0 radical (unpaired) electrons. The molecule has 0 aliphatic carbocycles. The van der Waals surface area contributed by atoms with Crippen LogP contribution in [-0.4, -0.2) is 24.9 Å². The Morgan fingerprint density at radius 3 is 2.37 bits per heavy atom. The number of hydrogen-bond acceptors (Lipinski definition) is 3. The molecule has 0 spiro atoms. The lowest BCUT2D eigenvalue weighted by Crippen LogP contribution is -2.27. The Hall–Kier alpha value is -1.36. The summed E-state index contributed by atoms with van der Waals surface area (Å²) in [6.07, 6.45) is 0. The number of rotatable bonds is 3. The first-order chi connectivity index (χ1) is 8.75. The highest BCUT2D eigenvalue weighted by Crippen LogP contribution is 2.44. The van der Waals surface area contributed by atoms with E-state index in [1.807, 2.05) is 0 Å². The molecule has 0 fully saturated rings. The van der Waals surface area contributed by atoms with Crippen molar-refractivity contribution < 1.29 is 23.4 Å². The molecule has 106 valence electrons. The number of aliphatic hydroxyl groups is 1. The van der Waals surface area contributed by atoms with Gasteiger partial charge in [0.2, 0.25) is 0 Å². The molecule has 0 aromatic heterocycles. The van der Waals surface area contributed by atoms with Gasteiger partial charge in [-0.25, -0.2) is 8.78 Å². The lowest BCUT2D eigenvalue weighted by Gasteiger charge is -2.30. The summed E-state index contributed by atoms with van der Waals surface area (Å²) in [4.78, 5) is 0. The van der Waals surface area contributed by atoms with E-state index in [2.05, 4.69) is 0 Å². The van der Waals surface area contributed by atoms with Crippen LogP contribution in [-0.2, 0) is 11.3 Å². The van der Waals surface area contributed by atoms with Crippen molar-refractivity contribution in [1.82, 2.24) is 0 Å². The van der Waals surface area contributed by atoms with Gasteiger partial charge in [-0.05, 0) is 12.1 Å². The summed E-state index contributed by atoms with van der Waals surface area (Å²) in [7, 11) is 0. The fourth-order valence-corrected chi connectivity index (χ4v) is 2.00. The third kappa shape index (κ3) is 2.66. The molecule has 2 rings (SSSR count). The quantitative estimate of drug-likeness (QED) is 0.919. The molecule has 1 aliphatic heterocycles. The SMILES string of the molecule is CC(F)(F)c1cc2c(c(C(C)(C)CO)c1)OCCO2. The average molecular weight is 272 g/mol. The Bertz CT molecular complexity index is 478. The number of fused-ring (bicyclic) bond motifs is 1. The third-order valence-electron chi connectivity index (χ3n) is 3.27. The van der Waals surface area contributed by atoms with Crippen LogP contribution in [0.1, 0.15) is 31.9 Å². The minimum absolute atomic E-state index is 0.131. The third-order valence-corrected chi connectivity index (χ3v) is 3.27. The second-order valence-electron chi connectivity index (χ2n) is 5.48. The van der Waals surface area contributed by atoms with E-state index >= 15 is 0 Å². The van der Waals surface area contributed by atoms with Crippen LogP contribution in [0.5, 0.6) is 11.5 Å². The van der Waals surface area contributed by atoms with Gasteiger partial charge in [-0.15, -0.1) is 0 Å². The van der Waals surface area contributed by atoms with E-state index in [-0.39, 0.29) is 12.2 Å². The van der Waals surface area contributed by atoms with Crippen LogP contribution in [0, 0.1) is 0 Å². The summed E-state index contributed by atoms with van der Waals surface area (Å²) < 4.78 is 38.0. The van der Waals surface area contributed by atoms with E-state index in [9.17, 15) is 13.9 Å². The van der Waals surface area contributed by atoms with Gasteiger partial charge < -0.3 is 14.6 Å². The highest BCUT2D eigenvalue weighted by molar-refractivity contribution is 5.54. The summed E-state index contributed by atoms with van der Waals surface area (Å²) in [6, 6.07) is 2.70. The molecule has 1 aliphatic rings. The van der Waals surface area contributed by atoms with E-state index in [0.717, 1.165) is 6.92 Å². The predicted molar refractivity (Wildman–Crippen MR) is 67.1 cm³/mol.